The molecule has 0 saturated heterocycles. The first-order valence-corrected chi connectivity index (χ1v) is 9.52. The highest BCUT2D eigenvalue weighted by molar-refractivity contribution is 7.80. The van der Waals surface area contributed by atoms with Gasteiger partial charge in [-0.15, -0.1) is 0 Å². The number of hydrogen-bond donors (Lipinski definition) is 6. The SMILES string of the molecule is NC1CCC(c2ccccc2)CC1N.O=S(=O)(O)O.O=S(=O)(O)O. The molecule has 0 radical (unpaired) electrons. The molecule has 1 fully saturated rings. The van der Waals surface area contributed by atoms with Crippen LogP contribution in [0.3, 0.4) is 0 Å². The first-order chi connectivity index (χ1) is 10.8. The second-order valence-corrected chi connectivity index (χ2v) is 6.94. The smallest absolute Gasteiger partial charge is 0.326 e. The summed E-state index contributed by atoms with van der Waals surface area (Å²) in [6.07, 6.45) is 3.27. The van der Waals surface area contributed by atoms with Crippen LogP contribution >= 0.6 is 0 Å². The molecule has 12 heteroatoms. The lowest BCUT2D eigenvalue weighted by Crippen LogP contribution is -2.45. The van der Waals surface area contributed by atoms with Crippen LogP contribution in [0.25, 0.3) is 0 Å². The highest BCUT2D eigenvalue weighted by atomic mass is 32.3. The summed E-state index contributed by atoms with van der Waals surface area (Å²) in [5, 5.41) is 0. The van der Waals surface area contributed by atoms with Crippen molar-refractivity contribution in [1.29, 1.82) is 0 Å². The van der Waals surface area contributed by atoms with Crippen molar-refractivity contribution in [2.24, 2.45) is 11.5 Å². The van der Waals surface area contributed by atoms with Gasteiger partial charge in [0.2, 0.25) is 0 Å². The van der Waals surface area contributed by atoms with Crippen molar-refractivity contribution >= 4 is 20.8 Å². The van der Waals surface area contributed by atoms with Crippen LogP contribution in [-0.4, -0.2) is 47.1 Å². The van der Waals surface area contributed by atoms with Gasteiger partial charge in [-0.2, -0.15) is 16.8 Å². The summed E-state index contributed by atoms with van der Waals surface area (Å²) < 4.78 is 63.2. The van der Waals surface area contributed by atoms with E-state index in [-0.39, 0.29) is 12.1 Å². The molecule has 10 nitrogen and oxygen atoms in total. The van der Waals surface area contributed by atoms with E-state index in [4.69, 9.17) is 46.5 Å². The second kappa shape index (κ2) is 10.0. The van der Waals surface area contributed by atoms with Crippen molar-refractivity contribution < 1.29 is 35.0 Å². The molecule has 0 aromatic heterocycles. The number of rotatable bonds is 1. The molecule has 2 rings (SSSR count). The fourth-order valence-electron chi connectivity index (χ4n) is 2.26. The van der Waals surface area contributed by atoms with E-state index in [2.05, 4.69) is 30.3 Å². The average Bonchev–Trinajstić information content (AvgIpc) is 2.39. The van der Waals surface area contributed by atoms with E-state index >= 15 is 0 Å². The summed E-state index contributed by atoms with van der Waals surface area (Å²) in [6, 6.07) is 11.0. The monoisotopic (exact) mass is 386 g/mol. The van der Waals surface area contributed by atoms with E-state index in [1.54, 1.807) is 0 Å². The largest absolute Gasteiger partial charge is 0.394 e. The highest BCUT2D eigenvalue weighted by Crippen LogP contribution is 2.31. The van der Waals surface area contributed by atoms with E-state index < -0.39 is 20.8 Å². The normalized spacial score (nSPS) is 24.0. The summed E-state index contributed by atoms with van der Waals surface area (Å²) in [4.78, 5) is 0. The molecule has 0 amide bonds. The first kappa shape index (κ1) is 22.9. The zero-order valence-corrected chi connectivity index (χ0v) is 14.3. The van der Waals surface area contributed by atoms with Crippen LogP contribution in [0.2, 0.25) is 0 Å². The van der Waals surface area contributed by atoms with Gasteiger partial charge in [0.05, 0.1) is 0 Å². The predicted octanol–water partition coefficient (Wildman–Crippen LogP) is 0.303. The molecule has 3 atom stereocenters. The summed E-state index contributed by atoms with van der Waals surface area (Å²) in [5.74, 6) is 0.617. The molecule has 1 aliphatic carbocycles. The van der Waals surface area contributed by atoms with Crippen LogP contribution in [0, 0.1) is 0 Å². The van der Waals surface area contributed by atoms with E-state index in [1.807, 2.05) is 0 Å². The van der Waals surface area contributed by atoms with Gasteiger partial charge in [-0.25, -0.2) is 0 Å². The lowest BCUT2D eigenvalue weighted by molar-refractivity contribution is 0.347. The number of nitrogens with two attached hydrogens (primary N) is 2. The Kier molecular flexibility index (Phi) is 9.54. The van der Waals surface area contributed by atoms with Crippen LogP contribution in [0.15, 0.2) is 30.3 Å². The molecule has 0 spiro atoms. The number of benzene rings is 1. The quantitative estimate of drug-likeness (QED) is 0.364. The van der Waals surface area contributed by atoms with Gasteiger partial charge in [-0.05, 0) is 30.7 Å². The first-order valence-electron chi connectivity index (χ1n) is 6.73. The van der Waals surface area contributed by atoms with Gasteiger partial charge in [0.15, 0.2) is 0 Å². The highest BCUT2D eigenvalue weighted by Gasteiger charge is 2.25. The van der Waals surface area contributed by atoms with Crippen molar-refractivity contribution in [2.45, 2.75) is 37.3 Å². The Morgan fingerprint density at radius 3 is 1.58 bits per heavy atom. The zero-order valence-electron chi connectivity index (χ0n) is 12.6. The third-order valence-electron chi connectivity index (χ3n) is 3.23. The van der Waals surface area contributed by atoms with Gasteiger partial charge in [0, 0.05) is 12.1 Å². The Morgan fingerprint density at radius 2 is 1.21 bits per heavy atom. The minimum atomic E-state index is -4.67. The molecular weight excluding hydrogens is 364 g/mol. The van der Waals surface area contributed by atoms with Gasteiger partial charge in [0.25, 0.3) is 0 Å². The summed E-state index contributed by atoms with van der Waals surface area (Å²) >= 11 is 0. The predicted molar refractivity (Wildman–Crippen MR) is 87.3 cm³/mol. The average molecular weight is 386 g/mol. The molecule has 0 bridgehead atoms. The lowest BCUT2D eigenvalue weighted by Gasteiger charge is -2.31. The molecule has 24 heavy (non-hydrogen) atoms. The molecule has 1 aliphatic rings. The molecule has 0 aliphatic heterocycles. The molecule has 140 valence electrons. The van der Waals surface area contributed by atoms with Crippen molar-refractivity contribution in [3.05, 3.63) is 35.9 Å². The van der Waals surface area contributed by atoms with Gasteiger partial charge >= 0.3 is 20.8 Å². The molecule has 0 heterocycles. The number of hydrogen-bond acceptors (Lipinski definition) is 6. The third-order valence-corrected chi connectivity index (χ3v) is 3.23. The second-order valence-electron chi connectivity index (χ2n) is 5.14. The van der Waals surface area contributed by atoms with E-state index in [9.17, 15) is 0 Å². The van der Waals surface area contributed by atoms with Crippen molar-refractivity contribution in [2.75, 3.05) is 0 Å². The Hall–Kier alpha value is -1.12. The van der Waals surface area contributed by atoms with Crippen molar-refractivity contribution in [3.63, 3.8) is 0 Å². The Bertz CT molecular complexity index is 632. The Morgan fingerprint density at radius 1 is 0.792 bits per heavy atom. The Labute approximate surface area is 141 Å². The molecule has 1 saturated carbocycles. The maximum atomic E-state index is 8.74. The topological polar surface area (TPSA) is 201 Å². The fraction of sp³-hybridized carbons (Fsp3) is 0.500. The third kappa shape index (κ3) is 14.5. The van der Waals surface area contributed by atoms with Crippen LogP contribution in [-0.2, 0) is 20.8 Å². The molecule has 1 aromatic carbocycles. The summed E-state index contributed by atoms with van der Waals surface area (Å²) in [7, 11) is -9.33. The maximum Gasteiger partial charge on any atom is 0.394 e. The van der Waals surface area contributed by atoms with Crippen LogP contribution in [0.5, 0.6) is 0 Å². The minimum absolute atomic E-state index is 0.175. The van der Waals surface area contributed by atoms with Crippen LogP contribution < -0.4 is 11.5 Å². The Balaban J connectivity index is 0.000000442. The molecular formula is C12H22N2O8S2. The molecule has 1 aromatic rings. The van der Waals surface area contributed by atoms with Crippen LogP contribution in [0.1, 0.15) is 30.7 Å². The minimum Gasteiger partial charge on any atom is -0.326 e. The van der Waals surface area contributed by atoms with E-state index in [1.165, 1.54) is 12.0 Å². The van der Waals surface area contributed by atoms with Gasteiger partial charge in [-0.1, -0.05) is 30.3 Å². The lowest BCUT2D eigenvalue weighted by atomic mass is 9.79. The van der Waals surface area contributed by atoms with Crippen molar-refractivity contribution in [3.8, 4) is 0 Å². The van der Waals surface area contributed by atoms with E-state index in [0.29, 0.717) is 5.92 Å². The standard InChI is InChI=1S/C12H18N2.2H2O4S/c13-11-7-6-10(8-12(11)14)9-4-2-1-3-5-9;2*1-5(2,3)4/h1-5,10-12H,6-8,13-14H2;2*(H2,1,2,3,4). The molecule has 8 N–H and O–H groups in total. The van der Waals surface area contributed by atoms with E-state index in [0.717, 1.165) is 12.8 Å². The van der Waals surface area contributed by atoms with Crippen molar-refractivity contribution in [1.82, 2.24) is 0 Å². The maximum absolute atomic E-state index is 8.74. The zero-order chi connectivity index (χ0) is 19.0. The van der Waals surface area contributed by atoms with Gasteiger partial charge in [-0.3, -0.25) is 18.2 Å². The summed E-state index contributed by atoms with van der Waals surface area (Å²) in [6.45, 7) is 0. The fourth-order valence-corrected chi connectivity index (χ4v) is 2.26. The summed E-state index contributed by atoms with van der Waals surface area (Å²) in [5.41, 5.74) is 13.3. The van der Waals surface area contributed by atoms with Crippen LogP contribution in [0.4, 0.5) is 0 Å². The van der Waals surface area contributed by atoms with Gasteiger partial charge < -0.3 is 11.5 Å². The van der Waals surface area contributed by atoms with Gasteiger partial charge in [0.1, 0.15) is 0 Å². The molecule has 3 unspecified atom stereocenters.